The zero-order valence-electron chi connectivity index (χ0n) is 7.46. The topological polar surface area (TPSA) is 46.5 Å². The Morgan fingerprint density at radius 2 is 2.00 bits per heavy atom. The molecule has 0 fully saturated rings. The third-order valence-electron chi connectivity index (χ3n) is 1.29. The van der Waals surface area contributed by atoms with Crippen LogP contribution >= 0.6 is 0 Å². The van der Waals surface area contributed by atoms with Gasteiger partial charge in [0.25, 0.3) is 0 Å². The Balaban J connectivity index is 3.76. The van der Waals surface area contributed by atoms with E-state index in [1.807, 2.05) is 0 Å². The molecule has 0 aliphatic carbocycles. The molecular formula is C9H14O3. The van der Waals surface area contributed by atoms with E-state index in [1.165, 1.54) is 0 Å². The van der Waals surface area contributed by atoms with E-state index in [-0.39, 0.29) is 6.61 Å². The summed E-state index contributed by atoms with van der Waals surface area (Å²) < 4.78 is 4.68. The van der Waals surface area contributed by atoms with Gasteiger partial charge in [-0.25, -0.2) is 4.79 Å². The summed E-state index contributed by atoms with van der Waals surface area (Å²) in [6, 6.07) is 0. The standard InChI is InChI=1S/C9H14O3/c1-6(2)8(10)5-12-9(11)7(3)4/h8,10H,1,3,5H2,2,4H3. The summed E-state index contributed by atoms with van der Waals surface area (Å²) in [5.74, 6) is -0.490. The van der Waals surface area contributed by atoms with Crippen LogP contribution in [0.25, 0.3) is 0 Å². The van der Waals surface area contributed by atoms with E-state index in [1.54, 1.807) is 13.8 Å². The lowest BCUT2D eigenvalue weighted by Crippen LogP contribution is -2.19. The van der Waals surface area contributed by atoms with Crippen LogP contribution in [-0.4, -0.2) is 23.8 Å². The smallest absolute Gasteiger partial charge is 0.333 e. The second kappa shape index (κ2) is 4.72. The average Bonchev–Trinajstić information content (AvgIpc) is 1.98. The van der Waals surface area contributed by atoms with Gasteiger partial charge in [0, 0.05) is 5.57 Å². The Hall–Kier alpha value is -1.09. The molecule has 0 spiro atoms. The Morgan fingerprint density at radius 1 is 1.50 bits per heavy atom. The molecule has 3 heteroatoms. The molecular weight excluding hydrogens is 156 g/mol. The van der Waals surface area contributed by atoms with Crippen LogP contribution < -0.4 is 0 Å². The summed E-state index contributed by atoms with van der Waals surface area (Å²) in [5, 5.41) is 9.15. The fourth-order valence-corrected chi connectivity index (χ4v) is 0.420. The minimum absolute atomic E-state index is 0.0545. The highest BCUT2D eigenvalue weighted by Gasteiger charge is 2.08. The van der Waals surface area contributed by atoms with Crippen molar-refractivity contribution in [2.24, 2.45) is 0 Å². The molecule has 0 aromatic heterocycles. The van der Waals surface area contributed by atoms with Crippen molar-refractivity contribution in [1.29, 1.82) is 0 Å². The molecule has 0 radical (unpaired) electrons. The molecule has 1 atom stereocenters. The molecule has 0 heterocycles. The van der Waals surface area contributed by atoms with Crippen LogP contribution in [-0.2, 0) is 9.53 Å². The van der Waals surface area contributed by atoms with Crippen molar-refractivity contribution in [2.45, 2.75) is 20.0 Å². The lowest BCUT2D eigenvalue weighted by Gasteiger charge is -2.10. The summed E-state index contributed by atoms with van der Waals surface area (Å²) >= 11 is 0. The first-order valence-corrected chi connectivity index (χ1v) is 3.61. The van der Waals surface area contributed by atoms with Crippen molar-refractivity contribution in [3.63, 3.8) is 0 Å². The Labute approximate surface area is 72.3 Å². The maximum Gasteiger partial charge on any atom is 0.333 e. The molecule has 1 N–H and O–H groups in total. The van der Waals surface area contributed by atoms with Crippen molar-refractivity contribution in [1.82, 2.24) is 0 Å². The number of hydrogen-bond donors (Lipinski definition) is 1. The minimum atomic E-state index is -0.784. The average molecular weight is 170 g/mol. The third kappa shape index (κ3) is 3.93. The van der Waals surface area contributed by atoms with E-state index in [4.69, 9.17) is 5.11 Å². The SMILES string of the molecule is C=C(C)C(=O)OCC(O)C(=C)C. The number of aliphatic hydroxyl groups excluding tert-OH is 1. The predicted molar refractivity (Wildman–Crippen MR) is 46.6 cm³/mol. The molecule has 0 bridgehead atoms. The highest BCUT2D eigenvalue weighted by Crippen LogP contribution is 2.00. The highest BCUT2D eigenvalue weighted by molar-refractivity contribution is 5.86. The first kappa shape index (κ1) is 10.9. The van der Waals surface area contributed by atoms with E-state index in [0.29, 0.717) is 11.1 Å². The van der Waals surface area contributed by atoms with Gasteiger partial charge in [-0.1, -0.05) is 13.2 Å². The van der Waals surface area contributed by atoms with Crippen molar-refractivity contribution in [2.75, 3.05) is 6.61 Å². The largest absolute Gasteiger partial charge is 0.459 e. The van der Waals surface area contributed by atoms with Crippen LogP contribution in [0.4, 0.5) is 0 Å². The third-order valence-corrected chi connectivity index (χ3v) is 1.29. The molecule has 0 rings (SSSR count). The zero-order chi connectivity index (χ0) is 9.72. The Kier molecular flexibility index (Phi) is 4.29. The maximum absolute atomic E-state index is 10.8. The van der Waals surface area contributed by atoms with Gasteiger partial charge in [-0.15, -0.1) is 0 Å². The van der Waals surface area contributed by atoms with Crippen LogP contribution in [0.3, 0.4) is 0 Å². The maximum atomic E-state index is 10.8. The number of rotatable bonds is 4. The minimum Gasteiger partial charge on any atom is -0.459 e. The summed E-state index contributed by atoms with van der Waals surface area (Å²) in [7, 11) is 0. The second-order valence-electron chi connectivity index (χ2n) is 2.74. The molecule has 3 nitrogen and oxygen atoms in total. The van der Waals surface area contributed by atoms with Gasteiger partial charge in [-0.3, -0.25) is 0 Å². The van der Waals surface area contributed by atoms with E-state index in [2.05, 4.69) is 17.9 Å². The van der Waals surface area contributed by atoms with E-state index in [9.17, 15) is 4.79 Å². The number of carbonyl (C=O) groups excluding carboxylic acids is 1. The molecule has 68 valence electrons. The lowest BCUT2D eigenvalue weighted by molar-refractivity contribution is -0.141. The van der Waals surface area contributed by atoms with Gasteiger partial charge in [0.05, 0.1) is 0 Å². The Morgan fingerprint density at radius 3 is 2.33 bits per heavy atom. The molecule has 0 aliphatic heterocycles. The highest BCUT2D eigenvalue weighted by atomic mass is 16.5. The number of esters is 1. The van der Waals surface area contributed by atoms with Crippen LogP contribution in [0.2, 0.25) is 0 Å². The summed E-state index contributed by atoms with van der Waals surface area (Å²) in [4.78, 5) is 10.8. The van der Waals surface area contributed by atoms with Gasteiger partial charge in [-0.05, 0) is 19.4 Å². The van der Waals surface area contributed by atoms with Crippen molar-refractivity contribution < 1.29 is 14.6 Å². The monoisotopic (exact) mass is 170 g/mol. The molecule has 12 heavy (non-hydrogen) atoms. The zero-order valence-corrected chi connectivity index (χ0v) is 7.46. The number of ether oxygens (including phenoxy) is 1. The summed E-state index contributed by atoms with van der Waals surface area (Å²) in [5.41, 5.74) is 0.897. The van der Waals surface area contributed by atoms with Crippen LogP contribution in [0, 0.1) is 0 Å². The molecule has 0 aromatic carbocycles. The molecule has 0 aliphatic rings. The first-order valence-electron chi connectivity index (χ1n) is 3.61. The first-order chi connectivity index (χ1) is 5.45. The van der Waals surface area contributed by atoms with E-state index < -0.39 is 12.1 Å². The van der Waals surface area contributed by atoms with Crippen LogP contribution in [0.15, 0.2) is 24.3 Å². The number of hydrogen-bond acceptors (Lipinski definition) is 3. The molecule has 0 saturated heterocycles. The van der Waals surface area contributed by atoms with Gasteiger partial charge in [-0.2, -0.15) is 0 Å². The van der Waals surface area contributed by atoms with E-state index in [0.717, 1.165) is 0 Å². The fourth-order valence-electron chi connectivity index (χ4n) is 0.420. The van der Waals surface area contributed by atoms with Gasteiger partial charge < -0.3 is 9.84 Å². The number of aliphatic hydroxyl groups is 1. The normalized spacial score (nSPS) is 11.9. The van der Waals surface area contributed by atoms with Crippen LogP contribution in [0.1, 0.15) is 13.8 Å². The van der Waals surface area contributed by atoms with Crippen molar-refractivity contribution >= 4 is 5.97 Å². The molecule has 0 amide bonds. The van der Waals surface area contributed by atoms with Gasteiger partial charge in [0.1, 0.15) is 12.7 Å². The Bertz CT molecular complexity index is 206. The van der Waals surface area contributed by atoms with Crippen molar-refractivity contribution in [3.05, 3.63) is 24.3 Å². The predicted octanol–water partition coefficient (Wildman–Crippen LogP) is 1.04. The van der Waals surface area contributed by atoms with Gasteiger partial charge in [0.2, 0.25) is 0 Å². The fraction of sp³-hybridized carbons (Fsp3) is 0.444. The summed E-state index contributed by atoms with van der Waals surface area (Å²) in [6.45, 7) is 10.1. The molecule has 1 unspecified atom stereocenters. The van der Waals surface area contributed by atoms with Gasteiger partial charge in [0.15, 0.2) is 0 Å². The lowest BCUT2D eigenvalue weighted by atomic mass is 10.2. The van der Waals surface area contributed by atoms with Crippen molar-refractivity contribution in [3.8, 4) is 0 Å². The molecule has 0 saturated carbocycles. The van der Waals surface area contributed by atoms with Crippen LogP contribution in [0.5, 0.6) is 0 Å². The van der Waals surface area contributed by atoms with Gasteiger partial charge >= 0.3 is 5.97 Å². The van der Waals surface area contributed by atoms with E-state index >= 15 is 0 Å². The molecule has 0 aromatic rings. The second-order valence-corrected chi connectivity index (χ2v) is 2.74. The summed E-state index contributed by atoms with van der Waals surface area (Å²) in [6.07, 6.45) is -0.784. The number of carbonyl (C=O) groups is 1. The quantitative estimate of drug-likeness (QED) is 0.389.